The number of anilines is 1. The summed E-state index contributed by atoms with van der Waals surface area (Å²) in [6.45, 7) is 3.78. The standard InChI is InChI=1S/C11H18N4O3S/c1-3-14-19(17,18)5-4-13-11(16)9-6-8(2)15-10(12)7-9/h6-7,14H,3-5H2,1-2H3,(H2,12,15)(H,13,16). The van der Waals surface area contributed by atoms with E-state index in [9.17, 15) is 13.2 Å². The first-order chi connectivity index (χ1) is 8.84. The van der Waals surface area contributed by atoms with E-state index in [4.69, 9.17) is 5.73 Å². The number of rotatable bonds is 6. The van der Waals surface area contributed by atoms with E-state index in [0.717, 1.165) is 0 Å². The summed E-state index contributed by atoms with van der Waals surface area (Å²) in [4.78, 5) is 15.7. The first-order valence-electron chi connectivity index (χ1n) is 5.84. The van der Waals surface area contributed by atoms with E-state index in [1.807, 2.05) is 0 Å². The molecule has 1 aromatic rings. The number of carbonyl (C=O) groups excluding carboxylic acids is 1. The average Bonchev–Trinajstić information content (AvgIpc) is 2.27. The van der Waals surface area contributed by atoms with Crippen molar-refractivity contribution in [2.75, 3.05) is 24.6 Å². The summed E-state index contributed by atoms with van der Waals surface area (Å²) in [6.07, 6.45) is 0. The Bertz CT molecular complexity index is 537. The molecule has 106 valence electrons. The van der Waals surface area contributed by atoms with Crippen LogP contribution in [0.4, 0.5) is 5.82 Å². The van der Waals surface area contributed by atoms with Crippen LogP contribution < -0.4 is 15.8 Å². The number of nitrogens with two attached hydrogens (primary N) is 1. The van der Waals surface area contributed by atoms with E-state index >= 15 is 0 Å². The molecule has 0 saturated carbocycles. The maximum absolute atomic E-state index is 11.8. The molecule has 1 heterocycles. The maximum Gasteiger partial charge on any atom is 0.251 e. The van der Waals surface area contributed by atoms with Gasteiger partial charge in [-0.2, -0.15) is 0 Å². The van der Waals surface area contributed by atoms with Crippen molar-refractivity contribution in [1.29, 1.82) is 0 Å². The Morgan fingerprint density at radius 1 is 1.42 bits per heavy atom. The van der Waals surface area contributed by atoms with Crippen molar-refractivity contribution in [3.8, 4) is 0 Å². The smallest absolute Gasteiger partial charge is 0.251 e. The number of sulfonamides is 1. The van der Waals surface area contributed by atoms with E-state index in [2.05, 4.69) is 15.0 Å². The largest absolute Gasteiger partial charge is 0.384 e. The van der Waals surface area contributed by atoms with Gasteiger partial charge < -0.3 is 11.1 Å². The molecule has 0 aliphatic heterocycles. The molecule has 0 aliphatic carbocycles. The third kappa shape index (κ3) is 5.23. The monoisotopic (exact) mass is 286 g/mol. The number of hydrogen-bond acceptors (Lipinski definition) is 5. The second-order valence-corrected chi connectivity index (χ2v) is 5.92. The van der Waals surface area contributed by atoms with E-state index < -0.39 is 10.0 Å². The number of amides is 1. The molecule has 7 nitrogen and oxygen atoms in total. The lowest BCUT2D eigenvalue weighted by atomic mass is 10.2. The summed E-state index contributed by atoms with van der Waals surface area (Å²) in [5.41, 5.74) is 6.53. The maximum atomic E-state index is 11.8. The van der Waals surface area contributed by atoms with Crippen LogP contribution in [0.3, 0.4) is 0 Å². The van der Waals surface area contributed by atoms with Crippen molar-refractivity contribution in [3.05, 3.63) is 23.4 Å². The van der Waals surface area contributed by atoms with Gasteiger partial charge in [-0.1, -0.05) is 6.92 Å². The predicted octanol–water partition coefficient (Wildman–Crippen LogP) is -0.359. The molecule has 1 rings (SSSR count). The van der Waals surface area contributed by atoms with E-state index in [-0.39, 0.29) is 24.0 Å². The molecule has 0 unspecified atom stereocenters. The highest BCUT2D eigenvalue weighted by Gasteiger charge is 2.11. The van der Waals surface area contributed by atoms with E-state index in [1.165, 1.54) is 6.07 Å². The number of aryl methyl sites for hydroxylation is 1. The van der Waals surface area contributed by atoms with Crippen molar-refractivity contribution in [2.45, 2.75) is 13.8 Å². The Morgan fingerprint density at radius 2 is 2.11 bits per heavy atom. The topological polar surface area (TPSA) is 114 Å². The second-order valence-electron chi connectivity index (χ2n) is 3.99. The molecule has 0 radical (unpaired) electrons. The Morgan fingerprint density at radius 3 is 2.68 bits per heavy atom. The molecule has 4 N–H and O–H groups in total. The van der Waals surface area contributed by atoms with Crippen molar-refractivity contribution in [2.24, 2.45) is 0 Å². The van der Waals surface area contributed by atoms with Gasteiger partial charge in [-0.15, -0.1) is 0 Å². The van der Waals surface area contributed by atoms with Crippen LogP contribution in [-0.2, 0) is 10.0 Å². The molecule has 0 spiro atoms. The summed E-state index contributed by atoms with van der Waals surface area (Å²) in [5, 5.41) is 2.53. The van der Waals surface area contributed by atoms with Gasteiger partial charge in [-0.25, -0.2) is 18.1 Å². The minimum atomic E-state index is -3.33. The lowest BCUT2D eigenvalue weighted by molar-refractivity contribution is 0.0956. The number of carbonyl (C=O) groups is 1. The summed E-state index contributed by atoms with van der Waals surface area (Å²) < 4.78 is 25.1. The van der Waals surface area contributed by atoms with E-state index in [0.29, 0.717) is 17.8 Å². The van der Waals surface area contributed by atoms with Gasteiger partial charge in [0.2, 0.25) is 10.0 Å². The van der Waals surface area contributed by atoms with Gasteiger partial charge in [0.05, 0.1) is 5.75 Å². The van der Waals surface area contributed by atoms with Gasteiger partial charge in [0.25, 0.3) is 5.91 Å². The zero-order chi connectivity index (χ0) is 14.5. The minimum absolute atomic E-state index is 0.0371. The molecule has 8 heteroatoms. The van der Waals surface area contributed by atoms with Gasteiger partial charge in [0, 0.05) is 24.3 Å². The van der Waals surface area contributed by atoms with Crippen LogP contribution in [0.15, 0.2) is 12.1 Å². The fraction of sp³-hybridized carbons (Fsp3) is 0.455. The molecule has 0 aliphatic rings. The molecule has 0 atom stereocenters. The van der Waals surface area contributed by atoms with Crippen LogP contribution in [0, 0.1) is 6.92 Å². The van der Waals surface area contributed by atoms with Gasteiger partial charge in [-0.3, -0.25) is 4.79 Å². The summed E-state index contributed by atoms with van der Waals surface area (Å²) in [7, 11) is -3.33. The quantitative estimate of drug-likeness (QED) is 0.661. The highest BCUT2D eigenvalue weighted by molar-refractivity contribution is 7.89. The molecule has 0 fully saturated rings. The van der Waals surface area contributed by atoms with Crippen molar-refractivity contribution in [3.63, 3.8) is 0 Å². The molecule has 19 heavy (non-hydrogen) atoms. The Balaban J connectivity index is 2.57. The van der Waals surface area contributed by atoms with E-state index in [1.54, 1.807) is 19.9 Å². The fourth-order valence-electron chi connectivity index (χ4n) is 1.52. The van der Waals surface area contributed by atoms with Gasteiger partial charge in [0.15, 0.2) is 0 Å². The van der Waals surface area contributed by atoms with Crippen molar-refractivity contribution >= 4 is 21.7 Å². The van der Waals surface area contributed by atoms with Crippen molar-refractivity contribution < 1.29 is 13.2 Å². The first-order valence-corrected chi connectivity index (χ1v) is 7.49. The number of nitrogen functional groups attached to an aromatic ring is 1. The Hall–Kier alpha value is -1.67. The molecular weight excluding hydrogens is 268 g/mol. The summed E-state index contributed by atoms with van der Waals surface area (Å²) in [5.74, 6) is -0.277. The number of hydrogen-bond donors (Lipinski definition) is 3. The van der Waals surface area contributed by atoms with Crippen LogP contribution in [0.1, 0.15) is 23.0 Å². The molecule has 0 aromatic carbocycles. The number of aromatic nitrogens is 1. The predicted molar refractivity (Wildman–Crippen MR) is 73.2 cm³/mol. The third-order valence-electron chi connectivity index (χ3n) is 2.26. The SMILES string of the molecule is CCNS(=O)(=O)CCNC(=O)c1cc(C)nc(N)c1. The molecule has 0 saturated heterocycles. The zero-order valence-corrected chi connectivity index (χ0v) is 11.8. The molecular formula is C11H18N4O3S. The normalized spacial score (nSPS) is 11.3. The average molecular weight is 286 g/mol. The van der Waals surface area contributed by atoms with Crippen LogP contribution in [0.25, 0.3) is 0 Å². The van der Waals surface area contributed by atoms with Crippen LogP contribution in [0.2, 0.25) is 0 Å². The lowest BCUT2D eigenvalue weighted by Gasteiger charge is -2.07. The highest BCUT2D eigenvalue weighted by atomic mass is 32.2. The van der Waals surface area contributed by atoms with Crippen LogP contribution >= 0.6 is 0 Å². The number of nitrogens with zero attached hydrogens (tertiary/aromatic N) is 1. The Kier molecular flexibility index (Phi) is 5.25. The number of nitrogens with one attached hydrogen (secondary N) is 2. The fourth-order valence-corrected chi connectivity index (χ4v) is 2.47. The zero-order valence-electron chi connectivity index (χ0n) is 10.9. The second kappa shape index (κ2) is 6.48. The molecule has 1 amide bonds. The van der Waals surface area contributed by atoms with Gasteiger partial charge in [0.1, 0.15) is 5.82 Å². The third-order valence-corrected chi connectivity index (χ3v) is 3.73. The number of pyridine rings is 1. The van der Waals surface area contributed by atoms with Crippen LogP contribution in [-0.4, -0.2) is 38.2 Å². The molecule has 0 bridgehead atoms. The summed E-state index contributed by atoms with van der Waals surface area (Å²) in [6, 6.07) is 3.03. The van der Waals surface area contributed by atoms with Gasteiger partial charge >= 0.3 is 0 Å². The van der Waals surface area contributed by atoms with Crippen LogP contribution in [0.5, 0.6) is 0 Å². The summed E-state index contributed by atoms with van der Waals surface area (Å²) >= 11 is 0. The first kappa shape index (κ1) is 15.4. The van der Waals surface area contributed by atoms with Crippen molar-refractivity contribution in [1.82, 2.24) is 15.0 Å². The minimum Gasteiger partial charge on any atom is -0.384 e. The molecule has 1 aromatic heterocycles. The van der Waals surface area contributed by atoms with Gasteiger partial charge in [-0.05, 0) is 19.1 Å². The highest BCUT2D eigenvalue weighted by Crippen LogP contribution is 2.06. The Labute approximate surface area is 112 Å². The lowest BCUT2D eigenvalue weighted by Crippen LogP contribution is -2.34.